The highest BCUT2D eigenvalue weighted by atomic mass is 32.2. The molecule has 1 aromatic rings. The summed E-state index contributed by atoms with van der Waals surface area (Å²) in [4.78, 5) is 14.2. The number of rotatable bonds is 4. The van der Waals surface area contributed by atoms with Gasteiger partial charge < -0.3 is 10.2 Å². The second-order valence-electron chi connectivity index (χ2n) is 4.56. The second-order valence-corrected chi connectivity index (χ2v) is 6.76. The molecule has 1 aliphatic heterocycles. The highest BCUT2D eigenvalue weighted by molar-refractivity contribution is 8.01. The van der Waals surface area contributed by atoms with Gasteiger partial charge in [0.05, 0.1) is 5.75 Å². The van der Waals surface area contributed by atoms with Crippen LogP contribution in [0.5, 0.6) is 0 Å². The molecule has 0 aliphatic carbocycles. The lowest BCUT2D eigenvalue weighted by molar-refractivity contribution is -0.128. The van der Waals surface area contributed by atoms with Gasteiger partial charge in [-0.2, -0.15) is 0 Å². The molecule has 0 unspecified atom stereocenters. The fourth-order valence-electron chi connectivity index (χ4n) is 2.08. The first-order valence-corrected chi connectivity index (χ1v) is 8.51. The van der Waals surface area contributed by atoms with Gasteiger partial charge >= 0.3 is 0 Å². The SMILES string of the molecule is CNc1nnc(SCC(=O)N2CCCCCCC2)s1. The van der Waals surface area contributed by atoms with E-state index in [9.17, 15) is 4.79 Å². The number of amides is 1. The van der Waals surface area contributed by atoms with Crippen LogP contribution < -0.4 is 5.32 Å². The van der Waals surface area contributed by atoms with E-state index in [0.29, 0.717) is 5.75 Å². The minimum Gasteiger partial charge on any atom is -0.363 e. The number of hydrogen-bond donors (Lipinski definition) is 1. The number of likely N-dealkylation sites (tertiary alicyclic amines) is 1. The van der Waals surface area contributed by atoms with Crippen LogP contribution in [0.3, 0.4) is 0 Å². The second kappa shape index (κ2) is 7.69. The lowest BCUT2D eigenvalue weighted by Crippen LogP contribution is -2.35. The maximum atomic E-state index is 12.2. The molecular weight excluding hydrogens is 280 g/mol. The zero-order valence-electron chi connectivity index (χ0n) is 11.2. The first kappa shape index (κ1) is 14.6. The topological polar surface area (TPSA) is 58.1 Å². The van der Waals surface area contributed by atoms with Gasteiger partial charge in [-0.15, -0.1) is 10.2 Å². The number of carbonyl (C=O) groups excluding carboxylic acids is 1. The average Bonchev–Trinajstić information content (AvgIpc) is 2.83. The van der Waals surface area contributed by atoms with Crippen LogP contribution in [-0.4, -0.2) is 46.9 Å². The Kier molecular flexibility index (Phi) is 5.91. The van der Waals surface area contributed by atoms with Crippen LogP contribution in [0.1, 0.15) is 32.1 Å². The van der Waals surface area contributed by atoms with Gasteiger partial charge in [0.2, 0.25) is 11.0 Å². The molecule has 0 atom stereocenters. The Morgan fingerprint density at radius 3 is 2.58 bits per heavy atom. The van der Waals surface area contributed by atoms with Crippen LogP contribution in [0.15, 0.2) is 4.34 Å². The normalized spacial score (nSPS) is 16.8. The van der Waals surface area contributed by atoms with Crippen LogP contribution in [-0.2, 0) is 4.79 Å². The third kappa shape index (κ3) is 4.65. The van der Waals surface area contributed by atoms with Crippen LogP contribution in [0.25, 0.3) is 0 Å². The summed E-state index contributed by atoms with van der Waals surface area (Å²) in [6, 6.07) is 0. The van der Waals surface area contributed by atoms with Gasteiger partial charge in [-0.25, -0.2) is 0 Å². The van der Waals surface area contributed by atoms with Gasteiger partial charge in [-0.05, 0) is 12.8 Å². The summed E-state index contributed by atoms with van der Waals surface area (Å²) in [6.07, 6.45) is 6.09. The monoisotopic (exact) mass is 300 g/mol. The highest BCUT2D eigenvalue weighted by Crippen LogP contribution is 2.25. The molecule has 1 fully saturated rings. The minimum atomic E-state index is 0.230. The average molecular weight is 300 g/mol. The quantitative estimate of drug-likeness (QED) is 0.866. The van der Waals surface area contributed by atoms with Crippen LogP contribution >= 0.6 is 23.1 Å². The Labute approximate surface area is 122 Å². The molecule has 2 heterocycles. The Hall–Kier alpha value is -0.820. The van der Waals surface area contributed by atoms with Crippen molar-refractivity contribution >= 4 is 34.1 Å². The summed E-state index contributed by atoms with van der Waals surface area (Å²) in [5.74, 6) is 0.700. The third-order valence-electron chi connectivity index (χ3n) is 3.15. The summed E-state index contributed by atoms with van der Waals surface area (Å²) >= 11 is 2.97. The van der Waals surface area contributed by atoms with Crippen molar-refractivity contribution in [1.82, 2.24) is 15.1 Å². The van der Waals surface area contributed by atoms with Crippen LogP contribution in [0.2, 0.25) is 0 Å². The summed E-state index contributed by atoms with van der Waals surface area (Å²) in [7, 11) is 1.82. The molecule has 1 saturated heterocycles. The largest absolute Gasteiger partial charge is 0.363 e. The van der Waals surface area contributed by atoms with E-state index in [-0.39, 0.29) is 5.91 Å². The first-order chi connectivity index (χ1) is 9.29. The molecule has 1 amide bonds. The Morgan fingerprint density at radius 2 is 1.95 bits per heavy atom. The van der Waals surface area contributed by atoms with Crippen LogP contribution in [0.4, 0.5) is 5.13 Å². The molecule has 2 rings (SSSR count). The summed E-state index contributed by atoms with van der Waals surface area (Å²) in [5.41, 5.74) is 0. The minimum absolute atomic E-state index is 0.230. The van der Waals surface area contributed by atoms with Crippen LogP contribution in [0, 0.1) is 0 Å². The molecule has 1 aromatic heterocycles. The van der Waals surface area contributed by atoms with Crippen molar-refractivity contribution in [2.24, 2.45) is 0 Å². The maximum Gasteiger partial charge on any atom is 0.233 e. The molecule has 5 nitrogen and oxygen atoms in total. The zero-order chi connectivity index (χ0) is 13.5. The Bertz CT molecular complexity index is 402. The molecular formula is C12H20N4OS2. The fourth-order valence-corrected chi connectivity index (χ4v) is 3.69. The zero-order valence-corrected chi connectivity index (χ0v) is 12.9. The standard InChI is InChI=1S/C12H20N4OS2/c1-13-11-14-15-12(19-11)18-9-10(17)16-7-5-3-2-4-6-8-16/h2-9H2,1H3,(H,13,14). The molecule has 106 valence electrons. The lowest BCUT2D eigenvalue weighted by atomic mass is 10.1. The number of hydrogen-bond acceptors (Lipinski definition) is 6. The molecule has 0 bridgehead atoms. The van der Waals surface area contributed by atoms with E-state index in [0.717, 1.165) is 35.4 Å². The number of nitrogens with zero attached hydrogens (tertiary/aromatic N) is 3. The van der Waals surface area contributed by atoms with Gasteiger partial charge in [0, 0.05) is 20.1 Å². The van der Waals surface area contributed by atoms with Crippen molar-refractivity contribution in [3.8, 4) is 0 Å². The van der Waals surface area contributed by atoms with Gasteiger partial charge in [0.15, 0.2) is 4.34 Å². The first-order valence-electron chi connectivity index (χ1n) is 6.71. The summed E-state index contributed by atoms with van der Waals surface area (Å²) in [5, 5.41) is 11.7. The molecule has 19 heavy (non-hydrogen) atoms. The molecule has 7 heteroatoms. The predicted molar refractivity (Wildman–Crippen MR) is 79.8 cm³/mol. The van der Waals surface area contributed by atoms with Gasteiger partial charge in [0.25, 0.3) is 0 Å². The van der Waals surface area contributed by atoms with Crippen molar-refractivity contribution in [2.45, 2.75) is 36.4 Å². The number of aromatic nitrogens is 2. The van der Waals surface area contributed by atoms with E-state index in [1.165, 1.54) is 42.4 Å². The van der Waals surface area contributed by atoms with Crippen molar-refractivity contribution < 1.29 is 4.79 Å². The Morgan fingerprint density at radius 1 is 1.26 bits per heavy atom. The lowest BCUT2D eigenvalue weighted by Gasteiger charge is -2.24. The smallest absolute Gasteiger partial charge is 0.233 e. The molecule has 1 aliphatic rings. The van der Waals surface area contributed by atoms with Gasteiger partial charge in [0.1, 0.15) is 0 Å². The number of thioether (sulfide) groups is 1. The van der Waals surface area contributed by atoms with Crippen molar-refractivity contribution in [3.63, 3.8) is 0 Å². The molecule has 0 radical (unpaired) electrons. The highest BCUT2D eigenvalue weighted by Gasteiger charge is 2.15. The van der Waals surface area contributed by atoms with E-state index in [1.54, 1.807) is 0 Å². The van der Waals surface area contributed by atoms with Gasteiger partial charge in [-0.1, -0.05) is 42.4 Å². The third-order valence-corrected chi connectivity index (χ3v) is 5.21. The van der Waals surface area contributed by atoms with Crippen molar-refractivity contribution in [2.75, 3.05) is 31.2 Å². The van der Waals surface area contributed by atoms with E-state index in [1.807, 2.05) is 11.9 Å². The molecule has 0 spiro atoms. The number of anilines is 1. The molecule has 0 aromatic carbocycles. The fraction of sp³-hybridized carbons (Fsp3) is 0.750. The van der Waals surface area contributed by atoms with E-state index in [2.05, 4.69) is 15.5 Å². The maximum absolute atomic E-state index is 12.2. The predicted octanol–water partition coefficient (Wildman–Crippen LogP) is 2.46. The molecule has 1 N–H and O–H groups in total. The van der Waals surface area contributed by atoms with Crippen molar-refractivity contribution in [3.05, 3.63) is 0 Å². The van der Waals surface area contributed by atoms with Crippen molar-refractivity contribution in [1.29, 1.82) is 0 Å². The molecule has 0 saturated carbocycles. The van der Waals surface area contributed by atoms with E-state index in [4.69, 9.17) is 0 Å². The number of nitrogens with one attached hydrogen (secondary N) is 1. The summed E-state index contributed by atoms with van der Waals surface area (Å²) < 4.78 is 0.852. The number of carbonyl (C=O) groups is 1. The van der Waals surface area contributed by atoms with Gasteiger partial charge in [-0.3, -0.25) is 4.79 Å². The van der Waals surface area contributed by atoms with E-state index < -0.39 is 0 Å². The summed E-state index contributed by atoms with van der Waals surface area (Å²) in [6.45, 7) is 1.83. The Balaban J connectivity index is 1.79. The van der Waals surface area contributed by atoms with E-state index >= 15 is 0 Å².